The molecule has 2 rings (SSSR count). The number of anilines is 1. The van der Waals surface area contributed by atoms with Gasteiger partial charge < -0.3 is 5.32 Å². The maximum Gasteiger partial charge on any atom is 0.248 e. The van der Waals surface area contributed by atoms with Crippen LogP contribution in [0.25, 0.3) is 6.08 Å². The van der Waals surface area contributed by atoms with Crippen molar-refractivity contribution in [3.05, 3.63) is 69.4 Å². The van der Waals surface area contributed by atoms with Gasteiger partial charge in [0.15, 0.2) is 0 Å². The predicted octanol–water partition coefficient (Wildman–Crippen LogP) is 4.89. The molecule has 0 aliphatic rings. The Balaban J connectivity index is 2.03. The van der Waals surface area contributed by atoms with Gasteiger partial charge in [-0.25, -0.2) is 4.39 Å². The van der Waals surface area contributed by atoms with E-state index < -0.39 is 11.7 Å². The molecular formula is C15H10BrClFNO. The zero-order valence-corrected chi connectivity index (χ0v) is 12.6. The maximum absolute atomic E-state index is 13.5. The fourth-order valence-corrected chi connectivity index (χ4v) is 1.97. The Hall–Kier alpha value is -1.65. The van der Waals surface area contributed by atoms with E-state index in [9.17, 15) is 9.18 Å². The second-order valence-corrected chi connectivity index (χ2v) is 5.35. The Kier molecular flexibility index (Phi) is 4.93. The third-order valence-corrected chi connectivity index (χ3v) is 3.23. The van der Waals surface area contributed by atoms with E-state index in [1.807, 2.05) is 0 Å². The molecule has 5 heteroatoms. The molecular weight excluding hydrogens is 345 g/mol. The summed E-state index contributed by atoms with van der Waals surface area (Å²) in [6.45, 7) is 0. The van der Waals surface area contributed by atoms with Gasteiger partial charge >= 0.3 is 0 Å². The van der Waals surface area contributed by atoms with E-state index in [1.54, 1.807) is 36.4 Å². The Labute approximate surface area is 129 Å². The van der Waals surface area contributed by atoms with Crippen molar-refractivity contribution in [2.75, 3.05) is 5.32 Å². The lowest BCUT2D eigenvalue weighted by atomic mass is 10.2. The number of rotatable bonds is 3. The lowest BCUT2D eigenvalue weighted by molar-refractivity contribution is -0.111. The highest BCUT2D eigenvalue weighted by molar-refractivity contribution is 9.10. The predicted molar refractivity (Wildman–Crippen MR) is 83.2 cm³/mol. The van der Waals surface area contributed by atoms with Crippen molar-refractivity contribution in [1.29, 1.82) is 0 Å². The van der Waals surface area contributed by atoms with E-state index in [1.165, 1.54) is 18.2 Å². The molecule has 102 valence electrons. The van der Waals surface area contributed by atoms with Gasteiger partial charge in [-0.3, -0.25) is 4.79 Å². The Morgan fingerprint density at radius 3 is 2.55 bits per heavy atom. The molecule has 2 aromatic rings. The molecule has 0 unspecified atom stereocenters. The second-order valence-electron chi connectivity index (χ2n) is 4.00. The Morgan fingerprint density at radius 2 is 1.90 bits per heavy atom. The molecule has 0 bridgehead atoms. The number of hydrogen-bond donors (Lipinski definition) is 1. The molecule has 0 heterocycles. The van der Waals surface area contributed by atoms with Crippen LogP contribution >= 0.6 is 27.5 Å². The third-order valence-electron chi connectivity index (χ3n) is 2.49. The molecule has 0 saturated heterocycles. The monoisotopic (exact) mass is 353 g/mol. The fourth-order valence-electron chi connectivity index (χ4n) is 1.51. The van der Waals surface area contributed by atoms with Crippen LogP contribution in [0.4, 0.5) is 10.1 Å². The van der Waals surface area contributed by atoms with Crippen molar-refractivity contribution < 1.29 is 9.18 Å². The van der Waals surface area contributed by atoms with Gasteiger partial charge in [0.25, 0.3) is 0 Å². The molecule has 0 atom stereocenters. The van der Waals surface area contributed by atoms with Crippen LogP contribution in [0.2, 0.25) is 5.02 Å². The van der Waals surface area contributed by atoms with Gasteiger partial charge in [-0.1, -0.05) is 39.7 Å². The van der Waals surface area contributed by atoms with E-state index in [0.717, 1.165) is 5.56 Å². The highest BCUT2D eigenvalue weighted by atomic mass is 79.9. The Morgan fingerprint density at radius 1 is 1.20 bits per heavy atom. The van der Waals surface area contributed by atoms with Crippen molar-refractivity contribution in [2.24, 2.45) is 0 Å². The summed E-state index contributed by atoms with van der Waals surface area (Å²) in [5.41, 5.74) is 0.972. The van der Waals surface area contributed by atoms with Gasteiger partial charge in [0.05, 0.1) is 5.69 Å². The standard InChI is InChI=1S/C15H10BrClFNO/c16-11-4-7-14(13(18)9-11)19-15(20)8-3-10-1-5-12(17)6-2-10/h1-9H,(H,19,20). The first kappa shape index (κ1) is 14.8. The number of benzene rings is 2. The van der Waals surface area contributed by atoms with Gasteiger partial charge in [0.2, 0.25) is 5.91 Å². The SMILES string of the molecule is O=C(C=Cc1ccc(Cl)cc1)Nc1ccc(Br)cc1F. The lowest BCUT2D eigenvalue weighted by Crippen LogP contribution is -2.09. The minimum atomic E-state index is -0.493. The van der Waals surface area contributed by atoms with Crippen molar-refractivity contribution >= 4 is 45.2 Å². The van der Waals surface area contributed by atoms with E-state index in [0.29, 0.717) is 9.50 Å². The first-order valence-corrected chi connectivity index (χ1v) is 6.91. The van der Waals surface area contributed by atoms with E-state index in [-0.39, 0.29) is 5.69 Å². The fraction of sp³-hybridized carbons (Fsp3) is 0. The van der Waals surface area contributed by atoms with Crippen molar-refractivity contribution in [3.8, 4) is 0 Å². The minimum Gasteiger partial charge on any atom is -0.320 e. The van der Waals surface area contributed by atoms with Crippen LogP contribution in [-0.4, -0.2) is 5.91 Å². The van der Waals surface area contributed by atoms with Gasteiger partial charge in [0, 0.05) is 15.6 Å². The number of amides is 1. The van der Waals surface area contributed by atoms with Crippen molar-refractivity contribution in [1.82, 2.24) is 0 Å². The van der Waals surface area contributed by atoms with E-state index in [2.05, 4.69) is 21.2 Å². The van der Waals surface area contributed by atoms with Crippen LogP contribution in [0.3, 0.4) is 0 Å². The number of nitrogens with one attached hydrogen (secondary N) is 1. The van der Waals surface area contributed by atoms with Gasteiger partial charge in [-0.05, 0) is 42.0 Å². The second kappa shape index (κ2) is 6.68. The normalized spacial score (nSPS) is 10.8. The van der Waals surface area contributed by atoms with Crippen molar-refractivity contribution in [2.45, 2.75) is 0 Å². The smallest absolute Gasteiger partial charge is 0.248 e. The summed E-state index contributed by atoms with van der Waals surface area (Å²) < 4.78 is 14.2. The molecule has 1 N–H and O–H groups in total. The number of carbonyl (C=O) groups is 1. The van der Waals surface area contributed by atoms with Crippen LogP contribution in [0.15, 0.2) is 53.0 Å². The van der Waals surface area contributed by atoms with Crippen LogP contribution in [-0.2, 0) is 4.79 Å². The van der Waals surface area contributed by atoms with Crippen LogP contribution in [0.1, 0.15) is 5.56 Å². The third kappa shape index (κ3) is 4.18. The summed E-state index contributed by atoms with van der Waals surface area (Å²) >= 11 is 8.92. The molecule has 0 spiro atoms. The molecule has 20 heavy (non-hydrogen) atoms. The van der Waals surface area contributed by atoms with Crippen LogP contribution in [0, 0.1) is 5.82 Å². The molecule has 0 fully saturated rings. The zero-order valence-electron chi connectivity index (χ0n) is 10.2. The molecule has 0 aliphatic carbocycles. The summed E-state index contributed by atoms with van der Waals surface area (Å²) in [6, 6.07) is 11.5. The van der Waals surface area contributed by atoms with Crippen molar-refractivity contribution in [3.63, 3.8) is 0 Å². The quantitative estimate of drug-likeness (QED) is 0.781. The van der Waals surface area contributed by atoms with E-state index in [4.69, 9.17) is 11.6 Å². The first-order valence-electron chi connectivity index (χ1n) is 5.74. The minimum absolute atomic E-state index is 0.138. The largest absolute Gasteiger partial charge is 0.320 e. The molecule has 0 aliphatic heterocycles. The number of halogens is 3. The van der Waals surface area contributed by atoms with Gasteiger partial charge in [-0.15, -0.1) is 0 Å². The van der Waals surface area contributed by atoms with Crippen LogP contribution < -0.4 is 5.32 Å². The highest BCUT2D eigenvalue weighted by Crippen LogP contribution is 2.19. The molecule has 2 aromatic carbocycles. The van der Waals surface area contributed by atoms with Gasteiger partial charge in [0.1, 0.15) is 5.82 Å². The van der Waals surface area contributed by atoms with E-state index >= 15 is 0 Å². The molecule has 0 radical (unpaired) electrons. The molecule has 0 aromatic heterocycles. The summed E-state index contributed by atoms with van der Waals surface area (Å²) in [6.07, 6.45) is 2.97. The summed E-state index contributed by atoms with van der Waals surface area (Å²) in [5, 5.41) is 3.10. The highest BCUT2D eigenvalue weighted by Gasteiger charge is 2.04. The molecule has 0 saturated carbocycles. The topological polar surface area (TPSA) is 29.1 Å². The number of carbonyl (C=O) groups excluding carboxylic acids is 1. The maximum atomic E-state index is 13.5. The Bertz CT molecular complexity index is 655. The van der Waals surface area contributed by atoms with Gasteiger partial charge in [-0.2, -0.15) is 0 Å². The molecule has 2 nitrogen and oxygen atoms in total. The summed E-state index contributed by atoms with van der Waals surface area (Å²) in [4.78, 5) is 11.7. The lowest BCUT2D eigenvalue weighted by Gasteiger charge is -2.03. The first-order chi connectivity index (χ1) is 9.54. The van der Waals surface area contributed by atoms with Crippen LogP contribution in [0.5, 0.6) is 0 Å². The summed E-state index contributed by atoms with van der Waals surface area (Å²) in [7, 11) is 0. The summed E-state index contributed by atoms with van der Waals surface area (Å²) in [5.74, 6) is -0.895. The number of hydrogen-bond acceptors (Lipinski definition) is 1. The molecule has 1 amide bonds. The average Bonchev–Trinajstić information content (AvgIpc) is 2.41. The average molecular weight is 355 g/mol. The zero-order chi connectivity index (χ0) is 14.5.